The van der Waals surface area contributed by atoms with E-state index in [4.69, 9.17) is 15.7 Å². The third-order valence-electron chi connectivity index (χ3n) is 4.18. The third kappa shape index (κ3) is 3.09. The van der Waals surface area contributed by atoms with Gasteiger partial charge in [-0.05, 0) is 44.0 Å². The summed E-state index contributed by atoms with van der Waals surface area (Å²) in [6.45, 7) is 2.71. The summed E-state index contributed by atoms with van der Waals surface area (Å²) >= 11 is 0. The monoisotopic (exact) mass is 325 g/mol. The minimum absolute atomic E-state index is 0.0281. The van der Waals surface area contributed by atoms with E-state index in [1.807, 2.05) is 13.0 Å². The molecule has 1 amide bonds. The Kier molecular flexibility index (Phi) is 4.49. The van der Waals surface area contributed by atoms with Crippen molar-refractivity contribution in [3.8, 4) is 11.8 Å². The van der Waals surface area contributed by atoms with Crippen LogP contribution in [0, 0.1) is 11.3 Å². The molecular weight excluding hydrogens is 306 g/mol. The molecule has 0 saturated carbocycles. The second-order valence-corrected chi connectivity index (χ2v) is 5.83. The second kappa shape index (κ2) is 6.72. The van der Waals surface area contributed by atoms with Crippen molar-refractivity contribution in [2.75, 3.05) is 12.3 Å². The first-order valence-corrected chi connectivity index (χ1v) is 7.86. The van der Waals surface area contributed by atoms with Gasteiger partial charge in [-0.1, -0.05) is 0 Å². The molecule has 1 fully saturated rings. The molecule has 1 saturated heterocycles. The largest absolute Gasteiger partial charge is 0.382 e. The summed E-state index contributed by atoms with van der Waals surface area (Å²) in [7, 11) is 0. The standard InChI is InChI=1S/C17H19N5O2/c1-11(15-3-2-8-24-15)21-17(23)12-4-6-14(7-5-12)22-16(19)13(9-18)10-20-22/h4-7,10-11,15H,2-3,8,19H2,1H3,(H,21,23). The van der Waals surface area contributed by atoms with Crippen LogP contribution in [-0.2, 0) is 4.74 Å². The molecule has 7 nitrogen and oxygen atoms in total. The lowest BCUT2D eigenvalue weighted by Gasteiger charge is -2.20. The summed E-state index contributed by atoms with van der Waals surface area (Å²) in [4.78, 5) is 12.3. The van der Waals surface area contributed by atoms with Gasteiger partial charge in [-0.15, -0.1) is 0 Å². The van der Waals surface area contributed by atoms with Gasteiger partial charge in [0, 0.05) is 12.2 Å². The van der Waals surface area contributed by atoms with Gasteiger partial charge in [0.2, 0.25) is 0 Å². The minimum atomic E-state index is -0.143. The lowest BCUT2D eigenvalue weighted by atomic mass is 10.1. The van der Waals surface area contributed by atoms with Crippen molar-refractivity contribution in [3.05, 3.63) is 41.6 Å². The average Bonchev–Trinajstić information content (AvgIpc) is 3.24. The Labute approximate surface area is 140 Å². The highest BCUT2D eigenvalue weighted by atomic mass is 16.5. The van der Waals surface area contributed by atoms with E-state index in [0.717, 1.165) is 19.4 Å². The van der Waals surface area contributed by atoms with Crippen molar-refractivity contribution < 1.29 is 9.53 Å². The predicted octanol–water partition coefficient (Wildman–Crippen LogP) is 1.62. The fourth-order valence-electron chi connectivity index (χ4n) is 2.78. The van der Waals surface area contributed by atoms with E-state index in [-0.39, 0.29) is 23.9 Å². The number of hydrogen-bond acceptors (Lipinski definition) is 5. The van der Waals surface area contributed by atoms with Gasteiger partial charge in [0.25, 0.3) is 5.91 Å². The molecule has 2 atom stereocenters. The molecule has 2 unspecified atom stereocenters. The van der Waals surface area contributed by atoms with Crippen molar-refractivity contribution in [3.63, 3.8) is 0 Å². The van der Waals surface area contributed by atoms with Crippen LogP contribution in [0.25, 0.3) is 5.69 Å². The SMILES string of the molecule is CC(NC(=O)c1ccc(-n2ncc(C#N)c2N)cc1)C1CCCO1. The quantitative estimate of drug-likeness (QED) is 0.888. The van der Waals surface area contributed by atoms with Gasteiger partial charge in [-0.25, -0.2) is 4.68 Å². The average molecular weight is 325 g/mol. The van der Waals surface area contributed by atoms with Crippen molar-refractivity contribution in [2.45, 2.75) is 31.9 Å². The molecule has 3 N–H and O–H groups in total. The van der Waals surface area contributed by atoms with Gasteiger partial charge < -0.3 is 15.8 Å². The highest BCUT2D eigenvalue weighted by Crippen LogP contribution is 2.18. The Morgan fingerprint density at radius 2 is 2.25 bits per heavy atom. The number of hydrogen-bond donors (Lipinski definition) is 2. The molecule has 1 aromatic carbocycles. The summed E-state index contributed by atoms with van der Waals surface area (Å²) in [6.07, 6.45) is 3.51. The Morgan fingerprint density at radius 3 is 2.83 bits per heavy atom. The van der Waals surface area contributed by atoms with Crippen LogP contribution in [0.5, 0.6) is 0 Å². The number of nitrogens with two attached hydrogens (primary N) is 1. The van der Waals surface area contributed by atoms with Crippen molar-refractivity contribution in [1.29, 1.82) is 5.26 Å². The van der Waals surface area contributed by atoms with E-state index in [0.29, 0.717) is 16.8 Å². The summed E-state index contributed by atoms with van der Waals surface area (Å²) < 4.78 is 7.06. The Hall–Kier alpha value is -2.85. The number of nitrogen functional groups attached to an aromatic ring is 1. The topological polar surface area (TPSA) is 106 Å². The highest BCUT2D eigenvalue weighted by Gasteiger charge is 2.24. The van der Waals surface area contributed by atoms with E-state index < -0.39 is 0 Å². The first kappa shape index (κ1) is 16.0. The molecule has 7 heteroatoms. The molecule has 24 heavy (non-hydrogen) atoms. The Balaban J connectivity index is 1.70. The first-order chi connectivity index (χ1) is 11.6. The zero-order valence-electron chi connectivity index (χ0n) is 13.4. The fourth-order valence-corrected chi connectivity index (χ4v) is 2.78. The highest BCUT2D eigenvalue weighted by molar-refractivity contribution is 5.94. The first-order valence-electron chi connectivity index (χ1n) is 7.86. The molecule has 1 aliphatic rings. The zero-order valence-corrected chi connectivity index (χ0v) is 13.4. The van der Waals surface area contributed by atoms with Crippen LogP contribution >= 0.6 is 0 Å². The Bertz CT molecular complexity index is 769. The van der Waals surface area contributed by atoms with E-state index in [1.165, 1.54) is 10.9 Å². The van der Waals surface area contributed by atoms with Gasteiger partial charge >= 0.3 is 0 Å². The third-order valence-corrected chi connectivity index (χ3v) is 4.18. The van der Waals surface area contributed by atoms with Crippen molar-refractivity contribution in [1.82, 2.24) is 15.1 Å². The van der Waals surface area contributed by atoms with Crippen LogP contribution in [-0.4, -0.2) is 34.4 Å². The number of benzene rings is 1. The van der Waals surface area contributed by atoms with Crippen LogP contribution in [0.4, 0.5) is 5.82 Å². The van der Waals surface area contributed by atoms with Crippen molar-refractivity contribution in [2.24, 2.45) is 0 Å². The molecule has 2 heterocycles. The van der Waals surface area contributed by atoms with E-state index >= 15 is 0 Å². The van der Waals surface area contributed by atoms with Crippen molar-refractivity contribution >= 4 is 11.7 Å². The van der Waals surface area contributed by atoms with Gasteiger partial charge in [0.15, 0.2) is 0 Å². The number of carbonyl (C=O) groups is 1. The van der Waals surface area contributed by atoms with Crippen LogP contribution in [0.1, 0.15) is 35.7 Å². The fraction of sp³-hybridized carbons (Fsp3) is 0.353. The number of nitriles is 1. The molecule has 1 aliphatic heterocycles. The lowest BCUT2D eigenvalue weighted by molar-refractivity contribution is 0.0712. The predicted molar refractivity (Wildman–Crippen MR) is 88.6 cm³/mol. The number of amides is 1. The maximum absolute atomic E-state index is 12.3. The zero-order chi connectivity index (χ0) is 17.1. The minimum Gasteiger partial charge on any atom is -0.382 e. The van der Waals surface area contributed by atoms with Gasteiger partial charge in [-0.2, -0.15) is 10.4 Å². The summed E-state index contributed by atoms with van der Waals surface area (Å²) in [5, 5.41) is 16.0. The number of carbonyl (C=O) groups excluding carboxylic acids is 1. The van der Waals surface area contributed by atoms with Gasteiger partial charge in [0.1, 0.15) is 17.5 Å². The number of anilines is 1. The summed E-state index contributed by atoms with van der Waals surface area (Å²) in [6, 6.07) is 8.86. The molecule has 124 valence electrons. The molecule has 1 aromatic heterocycles. The summed E-state index contributed by atoms with van der Waals surface area (Å²) in [5.74, 6) is 0.136. The van der Waals surface area contributed by atoms with E-state index in [2.05, 4.69) is 10.4 Å². The number of rotatable bonds is 4. The molecule has 3 rings (SSSR count). The van der Waals surface area contributed by atoms with Crippen LogP contribution in [0.3, 0.4) is 0 Å². The van der Waals surface area contributed by atoms with Crippen LogP contribution in [0.15, 0.2) is 30.5 Å². The smallest absolute Gasteiger partial charge is 0.251 e. The lowest BCUT2D eigenvalue weighted by Crippen LogP contribution is -2.40. The van der Waals surface area contributed by atoms with Crippen LogP contribution < -0.4 is 11.1 Å². The number of ether oxygens (including phenoxy) is 1. The van der Waals surface area contributed by atoms with Gasteiger partial charge in [0.05, 0.1) is 24.0 Å². The second-order valence-electron chi connectivity index (χ2n) is 5.83. The Morgan fingerprint density at radius 1 is 1.50 bits per heavy atom. The molecular formula is C17H19N5O2. The van der Waals surface area contributed by atoms with E-state index in [9.17, 15) is 4.79 Å². The molecule has 0 spiro atoms. The maximum Gasteiger partial charge on any atom is 0.251 e. The maximum atomic E-state index is 12.3. The number of nitrogens with one attached hydrogen (secondary N) is 1. The molecule has 0 bridgehead atoms. The normalized spacial score (nSPS) is 18.1. The number of aromatic nitrogens is 2. The van der Waals surface area contributed by atoms with Crippen LogP contribution in [0.2, 0.25) is 0 Å². The number of nitrogens with zero attached hydrogens (tertiary/aromatic N) is 3. The molecule has 0 radical (unpaired) electrons. The van der Waals surface area contributed by atoms with E-state index in [1.54, 1.807) is 24.3 Å². The summed E-state index contributed by atoms with van der Waals surface area (Å²) in [5.41, 5.74) is 7.43. The molecule has 0 aliphatic carbocycles. The molecule has 2 aromatic rings. The van der Waals surface area contributed by atoms with Gasteiger partial charge in [-0.3, -0.25) is 4.79 Å².